The first-order valence-corrected chi connectivity index (χ1v) is 5.92. The summed E-state index contributed by atoms with van der Waals surface area (Å²) in [6, 6.07) is 8.16. The van der Waals surface area contributed by atoms with Crippen LogP contribution in [-0.2, 0) is 4.74 Å². The third kappa shape index (κ3) is 4.36. The second-order valence-electron chi connectivity index (χ2n) is 5.01. The minimum atomic E-state index is -0.128. The molecular weight excluding hydrogens is 214 g/mol. The molecule has 0 saturated carbocycles. The first-order valence-electron chi connectivity index (χ1n) is 5.92. The van der Waals surface area contributed by atoms with E-state index in [-0.39, 0.29) is 11.6 Å². The second-order valence-corrected chi connectivity index (χ2v) is 5.01. The lowest BCUT2D eigenvalue weighted by atomic mass is 10.1. The number of nitrogens with one attached hydrogen (secondary N) is 1. The maximum absolute atomic E-state index is 5.82. The lowest BCUT2D eigenvalue weighted by Gasteiger charge is -2.25. The molecular formula is C14H23NO2. The quantitative estimate of drug-likeness (QED) is 0.854. The number of methoxy groups -OCH3 is 1. The fourth-order valence-corrected chi connectivity index (χ4v) is 1.62. The van der Waals surface area contributed by atoms with Crippen LogP contribution < -0.4 is 10.1 Å². The Kier molecular flexibility index (Phi) is 4.97. The van der Waals surface area contributed by atoms with Crippen LogP contribution in [0.2, 0.25) is 0 Å². The molecule has 1 N–H and O–H groups in total. The monoisotopic (exact) mass is 237 g/mol. The molecule has 0 bridgehead atoms. The number of para-hydroxylation sites is 1. The molecule has 1 aromatic carbocycles. The molecule has 0 aromatic heterocycles. The molecule has 96 valence electrons. The van der Waals surface area contributed by atoms with Gasteiger partial charge in [0.15, 0.2) is 0 Å². The predicted octanol–water partition coefficient (Wildman–Crippen LogP) is 2.77. The van der Waals surface area contributed by atoms with Gasteiger partial charge in [-0.05, 0) is 33.9 Å². The van der Waals surface area contributed by atoms with Gasteiger partial charge in [0.1, 0.15) is 5.75 Å². The minimum absolute atomic E-state index is 0.128. The van der Waals surface area contributed by atoms with Crippen molar-refractivity contribution in [3.8, 4) is 5.75 Å². The highest BCUT2D eigenvalue weighted by Crippen LogP contribution is 2.25. The van der Waals surface area contributed by atoms with Gasteiger partial charge in [0, 0.05) is 5.56 Å². The Hall–Kier alpha value is -1.06. The van der Waals surface area contributed by atoms with E-state index in [0.717, 1.165) is 11.3 Å². The van der Waals surface area contributed by atoms with Crippen LogP contribution in [0.25, 0.3) is 0 Å². The van der Waals surface area contributed by atoms with Crippen molar-refractivity contribution in [2.24, 2.45) is 0 Å². The van der Waals surface area contributed by atoms with Crippen molar-refractivity contribution < 1.29 is 9.47 Å². The maximum Gasteiger partial charge on any atom is 0.123 e. The first-order chi connectivity index (χ1) is 7.98. The molecule has 1 aromatic rings. The minimum Gasteiger partial charge on any atom is -0.496 e. The van der Waals surface area contributed by atoms with E-state index < -0.39 is 0 Å². The van der Waals surface area contributed by atoms with Crippen LogP contribution in [0.5, 0.6) is 5.75 Å². The van der Waals surface area contributed by atoms with Gasteiger partial charge in [0.2, 0.25) is 0 Å². The summed E-state index contributed by atoms with van der Waals surface area (Å²) in [5.41, 5.74) is 0.999. The molecule has 0 fully saturated rings. The van der Waals surface area contributed by atoms with E-state index in [1.807, 2.05) is 25.2 Å². The molecule has 0 radical (unpaired) electrons. The van der Waals surface area contributed by atoms with Crippen LogP contribution in [-0.4, -0.2) is 26.4 Å². The van der Waals surface area contributed by atoms with Crippen LogP contribution in [0.3, 0.4) is 0 Å². The Morgan fingerprint density at radius 3 is 2.41 bits per heavy atom. The number of hydrogen-bond acceptors (Lipinski definition) is 3. The van der Waals surface area contributed by atoms with Gasteiger partial charge in [0.05, 0.1) is 25.4 Å². The smallest absolute Gasteiger partial charge is 0.123 e. The van der Waals surface area contributed by atoms with E-state index >= 15 is 0 Å². The van der Waals surface area contributed by atoms with Gasteiger partial charge in [-0.15, -0.1) is 0 Å². The zero-order valence-corrected chi connectivity index (χ0v) is 11.4. The van der Waals surface area contributed by atoms with Gasteiger partial charge < -0.3 is 14.8 Å². The molecule has 1 rings (SSSR count). The van der Waals surface area contributed by atoms with E-state index in [1.165, 1.54) is 0 Å². The van der Waals surface area contributed by atoms with Crippen molar-refractivity contribution in [2.75, 3.05) is 20.8 Å². The number of hydrogen-bond donors (Lipinski definition) is 1. The van der Waals surface area contributed by atoms with Crippen molar-refractivity contribution in [1.82, 2.24) is 5.32 Å². The predicted molar refractivity (Wildman–Crippen MR) is 70.5 cm³/mol. The highest BCUT2D eigenvalue weighted by Gasteiger charge is 2.18. The summed E-state index contributed by atoms with van der Waals surface area (Å²) < 4.78 is 11.2. The third-order valence-electron chi connectivity index (χ3n) is 2.55. The summed E-state index contributed by atoms with van der Waals surface area (Å²) >= 11 is 0. The molecule has 0 aliphatic carbocycles. The standard InChI is InChI=1S/C14H23NO2/c1-14(2,3)17-10-12(15-4)11-8-6-7-9-13(11)16-5/h6-9,12,15H,10H2,1-5H3. The zero-order valence-electron chi connectivity index (χ0n) is 11.4. The first kappa shape index (κ1) is 14.0. The Bertz CT molecular complexity index is 344. The van der Waals surface area contributed by atoms with Gasteiger partial charge >= 0.3 is 0 Å². The molecule has 1 atom stereocenters. The van der Waals surface area contributed by atoms with Crippen LogP contribution in [0, 0.1) is 0 Å². The van der Waals surface area contributed by atoms with E-state index in [9.17, 15) is 0 Å². The van der Waals surface area contributed by atoms with Gasteiger partial charge in [-0.1, -0.05) is 18.2 Å². The largest absolute Gasteiger partial charge is 0.496 e. The van der Waals surface area contributed by atoms with Crippen LogP contribution in [0.1, 0.15) is 32.4 Å². The summed E-state index contributed by atoms with van der Waals surface area (Å²) in [5.74, 6) is 0.893. The molecule has 0 heterocycles. The van der Waals surface area contributed by atoms with Gasteiger partial charge in [-0.2, -0.15) is 0 Å². The van der Waals surface area contributed by atoms with Crippen LogP contribution in [0.15, 0.2) is 24.3 Å². The molecule has 0 saturated heterocycles. The fraction of sp³-hybridized carbons (Fsp3) is 0.571. The summed E-state index contributed by atoms with van der Waals surface area (Å²) in [4.78, 5) is 0. The topological polar surface area (TPSA) is 30.5 Å². The Morgan fingerprint density at radius 2 is 1.88 bits per heavy atom. The van der Waals surface area contributed by atoms with Gasteiger partial charge in [-0.3, -0.25) is 0 Å². The van der Waals surface area contributed by atoms with Crippen molar-refractivity contribution >= 4 is 0 Å². The molecule has 0 aliphatic rings. The van der Waals surface area contributed by atoms with Crippen LogP contribution in [0.4, 0.5) is 0 Å². The number of rotatable bonds is 5. The lowest BCUT2D eigenvalue weighted by molar-refractivity contribution is -0.0141. The maximum atomic E-state index is 5.82. The highest BCUT2D eigenvalue weighted by atomic mass is 16.5. The lowest BCUT2D eigenvalue weighted by Crippen LogP contribution is -2.28. The van der Waals surface area contributed by atoms with Crippen molar-refractivity contribution in [1.29, 1.82) is 0 Å². The normalized spacial score (nSPS) is 13.5. The van der Waals surface area contributed by atoms with Crippen molar-refractivity contribution in [3.63, 3.8) is 0 Å². The summed E-state index contributed by atoms with van der Waals surface area (Å²) in [5, 5.41) is 3.26. The molecule has 1 unspecified atom stereocenters. The molecule has 0 aliphatic heterocycles. The fourth-order valence-electron chi connectivity index (χ4n) is 1.62. The molecule has 0 spiro atoms. The average Bonchev–Trinajstić information content (AvgIpc) is 2.29. The third-order valence-corrected chi connectivity index (χ3v) is 2.55. The number of benzene rings is 1. The zero-order chi connectivity index (χ0) is 12.9. The van der Waals surface area contributed by atoms with E-state index in [2.05, 4.69) is 32.2 Å². The average molecular weight is 237 g/mol. The Balaban J connectivity index is 2.79. The molecule has 0 amide bonds. The van der Waals surface area contributed by atoms with Gasteiger partial charge in [0.25, 0.3) is 0 Å². The van der Waals surface area contributed by atoms with Gasteiger partial charge in [-0.25, -0.2) is 0 Å². The second kappa shape index (κ2) is 6.03. The Labute approximate surface area is 104 Å². The SMILES string of the molecule is CNC(COC(C)(C)C)c1ccccc1OC. The number of ether oxygens (including phenoxy) is 2. The van der Waals surface area contributed by atoms with E-state index in [4.69, 9.17) is 9.47 Å². The molecule has 17 heavy (non-hydrogen) atoms. The summed E-state index contributed by atoms with van der Waals surface area (Å²) in [6.45, 7) is 6.80. The van der Waals surface area contributed by atoms with E-state index in [0.29, 0.717) is 6.61 Å². The van der Waals surface area contributed by atoms with Crippen LogP contribution >= 0.6 is 0 Å². The summed E-state index contributed by atoms with van der Waals surface area (Å²) in [6.07, 6.45) is 0. The van der Waals surface area contributed by atoms with E-state index in [1.54, 1.807) is 7.11 Å². The van der Waals surface area contributed by atoms with Crippen molar-refractivity contribution in [3.05, 3.63) is 29.8 Å². The molecule has 3 nitrogen and oxygen atoms in total. The van der Waals surface area contributed by atoms with Crippen molar-refractivity contribution in [2.45, 2.75) is 32.4 Å². The highest BCUT2D eigenvalue weighted by molar-refractivity contribution is 5.35. The summed E-state index contributed by atoms with van der Waals surface area (Å²) in [7, 11) is 3.62. The Morgan fingerprint density at radius 1 is 1.24 bits per heavy atom. The molecule has 3 heteroatoms. The number of likely N-dealkylation sites (N-methyl/N-ethyl adjacent to an activating group) is 1.